The minimum absolute atomic E-state index is 0.211. The van der Waals surface area contributed by atoms with Crippen molar-refractivity contribution in [2.24, 2.45) is 0 Å². The Hall–Kier alpha value is -2.60. The second-order valence-corrected chi connectivity index (χ2v) is 7.97. The first kappa shape index (κ1) is 15.9. The standard InChI is InChI=1S/C25H24/c1-25(2,3)22-13-8-18(9-14-22)16-19-10-15-24-21(17-19)12-11-20-6-4-5-7-23(20)24/h4-15,17H,16H2,1-3H3. The highest BCUT2D eigenvalue weighted by Crippen LogP contribution is 2.27. The first-order chi connectivity index (χ1) is 12.0. The zero-order chi connectivity index (χ0) is 17.4. The van der Waals surface area contributed by atoms with E-state index in [-0.39, 0.29) is 5.41 Å². The van der Waals surface area contributed by atoms with Crippen molar-refractivity contribution in [3.8, 4) is 0 Å². The number of benzene rings is 4. The smallest absolute Gasteiger partial charge is 0.00255 e. The molecule has 0 amide bonds. The molecule has 0 radical (unpaired) electrons. The lowest BCUT2D eigenvalue weighted by atomic mass is 9.86. The Morgan fingerprint density at radius 3 is 2.00 bits per heavy atom. The highest BCUT2D eigenvalue weighted by Gasteiger charge is 2.12. The average molecular weight is 324 g/mol. The van der Waals surface area contributed by atoms with E-state index in [9.17, 15) is 0 Å². The average Bonchev–Trinajstić information content (AvgIpc) is 2.61. The van der Waals surface area contributed by atoms with Crippen molar-refractivity contribution in [2.75, 3.05) is 0 Å². The molecule has 0 aliphatic rings. The van der Waals surface area contributed by atoms with Crippen LogP contribution in [-0.2, 0) is 11.8 Å². The van der Waals surface area contributed by atoms with E-state index in [1.54, 1.807) is 0 Å². The summed E-state index contributed by atoms with van der Waals surface area (Å²) in [4.78, 5) is 0. The number of fused-ring (bicyclic) bond motifs is 3. The maximum Gasteiger partial charge on any atom is -0.00255 e. The van der Waals surface area contributed by atoms with Crippen molar-refractivity contribution in [1.82, 2.24) is 0 Å². The first-order valence-electron chi connectivity index (χ1n) is 9.00. The highest BCUT2D eigenvalue weighted by atomic mass is 14.2. The van der Waals surface area contributed by atoms with Crippen LogP contribution in [0.5, 0.6) is 0 Å². The molecular weight excluding hydrogens is 300 g/mol. The molecule has 124 valence electrons. The highest BCUT2D eigenvalue weighted by molar-refractivity contribution is 6.07. The van der Waals surface area contributed by atoms with Crippen molar-refractivity contribution in [3.63, 3.8) is 0 Å². The quantitative estimate of drug-likeness (QED) is 0.352. The molecule has 0 heterocycles. The van der Waals surface area contributed by atoms with Crippen LogP contribution < -0.4 is 0 Å². The van der Waals surface area contributed by atoms with Crippen LogP contribution in [-0.4, -0.2) is 0 Å². The first-order valence-corrected chi connectivity index (χ1v) is 9.00. The molecule has 4 aromatic carbocycles. The van der Waals surface area contributed by atoms with Gasteiger partial charge in [0.2, 0.25) is 0 Å². The lowest BCUT2D eigenvalue weighted by Crippen LogP contribution is -2.10. The Kier molecular flexibility index (Phi) is 3.84. The van der Waals surface area contributed by atoms with Gasteiger partial charge < -0.3 is 0 Å². The molecule has 0 saturated carbocycles. The maximum absolute atomic E-state index is 2.33. The van der Waals surface area contributed by atoms with Crippen LogP contribution in [0.2, 0.25) is 0 Å². The van der Waals surface area contributed by atoms with Gasteiger partial charge in [-0.05, 0) is 50.1 Å². The summed E-state index contributed by atoms with van der Waals surface area (Å²) in [6, 6.07) is 29.0. The van der Waals surface area contributed by atoms with E-state index in [1.807, 2.05) is 0 Å². The van der Waals surface area contributed by atoms with Crippen LogP contribution in [0.15, 0.2) is 78.9 Å². The van der Waals surface area contributed by atoms with Gasteiger partial charge in [-0.1, -0.05) is 99.6 Å². The van der Waals surface area contributed by atoms with Gasteiger partial charge in [-0.2, -0.15) is 0 Å². The molecule has 0 aliphatic carbocycles. The lowest BCUT2D eigenvalue weighted by Gasteiger charge is -2.19. The third-order valence-electron chi connectivity index (χ3n) is 5.04. The van der Waals surface area contributed by atoms with E-state index in [2.05, 4.69) is 99.6 Å². The molecule has 0 unspecified atom stereocenters. The summed E-state index contributed by atoms with van der Waals surface area (Å²) in [6.07, 6.45) is 0.979. The largest absolute Gasteiger partial charge is 0.0616 e. The van der Waals surface area contributed by atoms with Gasteiger partial charge in [0.1, 0.15) is 0 Å². The second kappa shape index (κ2) is 6.04. The summed E-state index contributed by atoms with van der Waals surface area (Å²) >= 11 is 0. The van der Waals surface area contributed by atoms with Gasteiger partial charge in [-0.15, -0.1) is 0 Å². The molecule has 0 atom stereocenters. The lowest BCUT2D eigenvalue weighted by molar-refractivity contribution is 0.590. The normalized spacial score (nSPS) is 12.0. The van der Waals surface area contributed by atoms with Gasteiger partial charge in [0.25, 0.3) is 0 Å². The fraction of sp³-hybridized carbons (Fsp3) is 0.200. The topological polar surface area (TPSA) is 0 Å². The van der Waals surface area contributed by atoms with E-state index in [0.717, 1.165) is 6.42 Å². The summed E-state index contributed by atoms with van der Waals surface area (Å²) in [6.45, 7) is 6.78. The predicted octanol–water partition coefficient (Wildman–Crippen LogP) is 6.88. The van der Waals surface area contributed by atoms with Crippen LogP contribution in [0.1, 0.15) is 37.5 Å². The van der Waals surface area contributed by atoms with E-state index < -0.39 is 0 Å². The van der Waals surface area contributed by atoms with E-state index >= 15 is 0 Å². The number of hydrogen-bond acceptors (Lipinski definition) is 0. The van der Waals surface area contributed by atoms with Crippen molar-refractivity contribution < 1.29 is 0 Å². The number of hydrogen-bond donors (Lipinski definition) is 0. The van der Waals surface area contributed by atoms with Crippen LogP contribution in [0.3, 0.4) is 0 Å². The molecule has 25 heavy (non-hydrogen) atoms. The Bertz CT molecular complexity index is 1030. The Labute approximate surface area is 150 Å². The van der Waals surface area contributed by atoms with Crippen molar-refractivity contribution in [2.45, 2.75) is 32.6 Å². The summed E-state index contributed by atoms with van der Waals surface area (Å²) in [5, 5.41) is 5.30. The van der Waals surface area contributed by atoms with Gasteiger partial charge in [0.15, 0.2) is 0 Å². The zero-order valence-electron chi connectivity index (χ0n) is 15.2. The fourth-order valence-electron chi connectivity index (χ4n) is 3.53. The molecule has 4 aromatic rings. The molecule has 0 spiro atoms. The predicted molar refractivity (Wildman–Crippen MR) is 109 cm³/mol. The second-order valence-electron chi connectivity index (χ2n) is 7.97. The molecule has 4 rings (SSSR count). The van der Waals surface area contributed by atoms with Gasteiger partial charge in [0.05, 0.1) is 0 Å². The molecule has 0 aliphatic heterocycles. The minimum atomic E-state index is 0.211. The summed E-state index contributed by atoms with van der Waals surface area (Å²) in [5.74, 6) is 0. The van der Waals surface area contributed by atoms with Gasteiger partial charge in [0, 0.05) is 0 Å². The minimum Gasteiger partial charge on any atom is -0.0616 e. The molecule has 0 fully saturated rings. The molecule has 0 nitrogen and oxygen atoms in total. The third-order valence-corrected chi connectivity index (χ3v) is 5.04. The molecule has 0 N–H and O–H groups in total. The van der Waals surface area contributed by atoms with Gasteiger partial charge in [-0.25, -0.2) is 0 Å². The SMILES string of the molecule is CC(C)(C)c1ccc(Cc2ccc3c(ccc4ccccc43)c2)cc1. The summed E-state index contributed by atoms with van der Waals surface area (Å²) in [7, 11) is 0. The van der Waals surface area contributed by atoms with Crippen LogP contribution in [0, 0.1) is 0 Å². The van der Waals surface area contributed by atoms with E-state index in [0.29, 0.717) is 0 Å². The van der Waals surface area contributed by atoms with Crippen molar-refractivity contribution in [1.29, 1.82) is 0 Å². The molecule has 0 heteroatoms. The molecule has 0 saturated heterocycles. The summed E-state index contributed by atoms with van der Waals surface area (Å²) < 4.78 is 0. The third kappa shape index (κ3) is 3.17. The van der Waals surface area contributed by atoms with Crippen molar-refractivity contribution >= 4 is 21.5 Å². The molecule has 0 aromatic heterocycles. The van der Waals surface area contributed by atoms with Crippen molar-refractivity contribution in [3.05, 3.63) is 95.6 Å². The number of rotatable bonds is 2. The van der Waals surface area contributed by atoms with Crippen LogP contribution in [0.25, 0.3) is 21.5 Å². The Morgan fingerprint density at radius 2 is 1.24 bits per heavy atom. The Morgan fingerprint density at radius 1 is 0.600 bits per heavy atom. The van der Waals surface area contributed by atoms with E-state index in [4.69, 9.17) is 0 Å². The van der Waals surface area contributed by atoms with Gasteiger partial charge in [-0.3, -0.25) is 0 Å². The van der Waals surface area contributed by atoms with E-state index in [1.165, 1.54) is 38.2 Å². The monoisotopic (exact) mass is 324 g/mol. The van der Waals surface area contributed by atoms with Crippen LogP contribution >= 0.6 is 0 Å². The van der Waals surface area contributed by atoms with Crippen LogP contribution in [0.4, 0.5) is 0 Å². The molecule has 0 bridgehead atoms. The fourth-order valence-corrected chi connectivity index (χ4v) is 3.53. The summed E-state index contributed by atoms with van der Waals surface area (Å²) in [5.41, 5.74) is 4.34. The Balaban J connectivity index is 1.67. The zero-order valence-corrected chi connectivity index (χ0v) is 15.2. The maximum atomic E-state index is 2.33. The van der Waals surface area contributed by atoms with Gasteiger partial charge >= 0.3 is 0 Å². The molecular formula is C25H24.